The number of nitrogens with one attached hydrogen (secondary N) is 1. The molecule has 0 bridgehead atoms. The molecule has 0 radical (unpaired) electrons. The number of halogens is 4. The Hall–Kier alpha value is -1.49. The van der Waals surface area contributed by atoms with Crippen molar-refractivity contribution in [2.45, 2.75) is 0 Å². The van der Waals surface area contributed by atoms with Crippen molar-refractivity contribution in [1.29, 1.82) is 0 Å². The Morgan fingerprint density at radius 3 is 2.25 bits per heavy atom. The molecule has 0 saturated heterocycles. The van der Waals surface area contributed by atoms with Crippen molar-refractivity contribution in [1.82, 2.24) is 0 Å². The zero-order chi connectivity index (χ0) is 14.9. The van der Waals surface area contributed by atoms with Crippen molar-refractivity contribution in [3.8, 4) is 0 Å². The summed E-state index contributed by atoms with van der Waals surface area (Å²) in [5.74, 6) is -1.28. The quantitative estimate of drug-likeness (QED) is 0.622. The zero-order valence-electron chi connectivity index (χ0n) is 9.88. The van der Waals surface area contributed by atoms with Crippen LogP contribution in [0.3, 0.4) is 0 Å². The highest BCUT2D eigenvalue weighted by atomic mass is 35.5. The van der Waals surface area contributed by atoms with Crippen molar-refractivity contribution >= 4 is 52.1 Å². The topological polar surface area (TPSA) is 55.1 Å². The van der Waals surface area contributed by atoms with Crippen molar-refractivity contribution in [3.63, 3.8) is 0 Å². The van der Waals surface area contributed by atoms with E-state index >= 15 is 0 Å². The van der Waals surface area contributed by atoms with E-state index in [0.717, 1.165) is 0 Å². The molecule has 1 amide bonds. The molecule has 0 unspecified atom stereocenters. The zero-order valence-corrected chi connectivity index (χ0v) is 12.2. The second-order valence-electron chi connectivity index (χ2n) is 3.91. The molecule has 0 aliphatic carbocycles. The lowest BCUT2D eigenvalue weighted by molar-refractivity contribution is 0.102. The van der Waals surface area contributed by atoms with Gasteiger partial charge in [-0.1, -0.05) is 40.9 Å². The van der Waals surface area contributed by atoms with Crippen molar-refractivity contribution < 1.29 is 9.18 Å². The second-order valence-corrected chi connectivity index (χ2v) is 5.13. The maximum Gasteiger partial charge on any atom is 0.259 e. The maximum atomic E-state index is 13.3. The van der Waals surface area contributed by atoms with E-state index in [1.54, 1.807) is 12.1 Å². The van der Waals surface area contributed by atoms with Crippen LogP contribution < -0.4 is 11.1 Å². The third-order valence-corrected chi connectivity index (χ3v) is 3.38. The Morgan fingerprint density at radius 1 is 1.10 bits per heavy atom. The lowest BCUT2D eigenvalue weighted by Crippen LogP contribution is -2.14. The van der Waals surface area contributed by atoms with Gasteiger partial charge in [-0.05, 0) is 24.3 Å². The molecule has 2 aromatic rings. The molecule has 0 aliphatic rings. The molecule has 0 heterocycles. The second kappa shape index (κ2) is 5.87. The summed E-state index contributed by atoms with van der Waals surface area (Å²) < 4.78 is 13.3. The van der Waals surface area contributed by atoms with Gasteiger partial charge in [-0.3, -0.25) is 4.79 Å². The largest absolute Gasteiger partial charge is 0.398 e. The van der Waals surface area contributed by atoms with Gasteiger partial charge in [-0.25, -0.2) is 4.39 Å². The van der Waals surface area contributed by atoms with Crippen molar-refractivity contribution in [3.05, 3.63) is 56.8 Å². The van der Waals surface area contributed by atoms with Crippen molar-refractivity contribution in [2.75, 3.05) is 11.1 Å². The van der Waals surface area contributed by atoms with E-state index in [1.807, 2.05) is 0 Å². The molecule has 0 saturated carbocycles. The first-order valence-electron chi connectivity index (χ1n) is 5.40. The van der Waals surface area contributed by atoms with Gasteiger partial charge in [-0.15, -0.1) is 0 Å². The predicted octanol–water partition coefficient (Wildman–Crippen LogP) is 4.62. The highest BCUT2D eigenvalue weighted by Crippen LogP contribution is 2.29. The molecule has 0 atom stereocenters. The number of carbonyl (C=O) groups excluding carboxylic acids is 1. The smallest absolute Gasteiger partial charge is 0.259 e. The van der Waals surface area contributed by atoms with Crippen LogP contribution >= 0.6 is 34.8 Å². The average molecular weight is 334 g/mol. The van der Waals surface area contributed by atoms with Gasteiger partial charge in [0, 0.05) is 11.4 Å². The minimum Gasteiger partial charge on any atom is -0.398 e. The van der Waals surface area contributed by atoms with Crippen LogP contribution in [0.4, 0.5) is 15.8 Å². The number of nitrogens with two attached hydrogens (primary N) is 1. The highest BCUT2D eigenvalue weighted by molar-refractivity contribution is 6.36. The van der Waals surface area contributed by atoms with Gasteiger partial charge in [0.25, 0.3) is 5.91 Å². The first kappa shape index (κ1) is 14.9. The van der Waals surface area contributed by atoms with E-state index in [1.165, 1.54) is 18.2 Å². The normalized spacial score (nSPS) is 10.4. The summed E-state index contributed by atoms with van der Waals surface area (Å²) in [6.07, 6.45) is 0. The van der Waals surface area contributed by atoms with Crippen LogP contribution in [0.2, 0.25) is 15.1 Å². The Morgan fingerprint density at radius 2 is 1.70 bits per heavy atom. The number of rotatable bonds is 2. The van der Waals surface area contributed by atoms with E-state index in [-0.39, 0.29) is 32.0 Å². The van der Waals surface area contributed by atoms with Crippen molar-refractivity contribution in [2.24, 2.45) is 0 Å². The van der Waals surface area contributed by atoms with Gasteiger partial charge >= 0.3 is 0 Å². The van der Waals surface area contributed by atoms with Crippen LogP contribution in [0.25, 0.3) is 0 Å². The Labute approximate surface area is 129 Å². The fraction of sp³-hybridized carbons (Fsp3) is 0. The minimum atomic E-state index is -0.747. The number of carbonyl (C=O) groups is 1. The van der Waals surface area contributed by atoms with Crippen LogP contribution in [0, 0.1) is 5.82 Å². The van der Waals surface area contributed by atoms with Crippen LogP contribution in [0.1, 0.15) is 10.4 Å². The van der Waals surface area contributed by atoms with E-state index in [0.29, 0.717) is 0 Å². The lowest BCUT2D eigenvalue weighted by atomic mass is 10.1. The molecule has 20 heavy (non-hydrogen) atoms. The Bertz CT molecular complexity index is 648. The highest BCUT2D eigenvalue weighted by Gasteiger charge is 2.15. The molecule has 0 fully saturated rings. The van der Waals surface area contributed by atoms with Gasteiger partial charge in [-0.2, -0.15) is 0 Å². The molecule has 104 valence electrons. The lowest BCUT2D eigenvalue weighted by Gasteiger charge is -2.10. The molecule has 2 aromatic carbocycles. The number of amides is 1. The van der Waals surface area contributed by atoms with Gasteiger partial charge < -0.3 is 11.1 Å². The van der Waals surface area contributed by atoms with Gasteiger partial charge in [0.05, 0.1) is 20.6 Å². The van der Waals surface area contributed by atoms with Crippen LogP contribution in [-0.4, -0.2) is 5.91 Å². The van der Waals surface area contributed by atoms with E-state index in [2.05, 4.69) is 5.32 Å². The van der Waals surface area contributed by atoms with Gasteiger partial charge in [0.15, 0.2) is 5.82 Å². The first-order chi connectivity index (χ1) is 9.40. The van der Waals surface area contributed by atoms with Crippen LogP contribution in [-0.2, 0) is 0 Å². The number of nitrogen functional groups attached to an aromatic ring is 1. The summed E-state index contributed by atoms with van der Waals surface area (Å²) in [5.41, 5.74) is 6.31. The monoisotopic (exact) mass is 332 g/mol. The summed E-state index contributed by atoms with van der Waals surface area (Å²) in [5, 5.41) is 2.33. The summed E-state index contributed by atoms with van der Waals surface area (Å²) >= 11 is 17.2. The predicted molar refractivity (Wildman–Crippen MR) is 80.2 cm³/mol. The van der Waals surface area contributed by atoms with Crippen LogP contribution in [0.15, 0.2) is 30.3 Å². The Balaban J connectivity index is 2.33. The summed E-state index contributed by atoms with van der Waals surface area (Å²) in [6, 6.07) is 7.20. The molecule has 0 aliphatic heterocycles. The molecule has 2 rings (SSSR count). The molecule has 0 aromatic heterocycles. The third kappa shape index (κ3) is 2.98. The molecule has 3 nitrogen and oxygen atoms in total. The first-order valence-corrected chi connectivity index (χ1v) is 6.53. The average Bonchev–Trinajstić information content (AvgIpc) is 2.35. The number of hydrogen-bond donors (Lipinski definition) is 2. The fourth-order valence-electron chi connectivity index (χ4n) is 1.60. The van der Waals surface area contributed by atoms with Gasteiger partial charge in [0.2, 0.25) is 0 Å². The van der Waals surface area contributed by atoms with Crippen LogP contribution in [0.5, 0.6) is 0 Å². The number of benzene rings is 2. The van der Waals surface area contributed by atoms with E-state index < -0.39 is 11.7 Å². The number of hydrogen-bond acceptors (Lipinski definition) is 2. The van der Waals surface area contributed by atoms with E-state index in [4.69, 9.17) is 40.5 Å². The van der Waals surface area contributed by atoms with E-state index in [9.17, 15) is 9.18 Å². The summed E-state index contributed by atoms with van der Waals surface area (Å²) in [6.45, 7) is 0. The minimum absolute atomic E-state index is 0.130. The fourth-order valence-corrected chi connectivity index (χ4v) is 2.36. The Kier molecular flexibility index (Phi) is 4.38. The third-order valence-electron chi connectivity index (χ3n) is 2.51. The van der Waals surface area contributed by atoms with Gasteiger partial charge in [0.1, 0.15) is 0 Å². The molecule has 0 spiro atoms. The SMILES string of the molecule is Nc1cccc(Cl)c1C(=O)Nc1cc(Cl)c(F)c(Cl)c1. The summed E-state index contributed by atoms with van der Waals surface area (Å²) in [7, 11) is 0. The molecule has 3 N–H and O–H groups in total. The molecular formula is C13H8Cl3FN2O. The maximum absolute atomic E-state index is 13.3. The standard InChI is InChI=1S/C13H8Cl3FN2O/c14-7-2-1-3-10(18)11(7)13(20)19-6-4-8(15)12(17)9(16)5-6/h1-5H,18H2,(H,19,20). The summed E-state index contributed by atoms with van der Waals surface area (Å²) in [4.78, 5) is 12.1. The molecule has 7 heteroatoms. The number of anilines is 2. The molecular weight excluding hydrogens is 326 g/mol.